The molecule has 0 aliphatic carbocycles. The Labute approximate surface area is 202 Å². The zero-order chi connectivity index (χ0) is 24.5. The summed E-state index contributed by atoms with van der Waals surface area (Å²) in [7, 11) is 0. The summed E-state index contributed by atoms with van der Waals surface area (Å²) in [4.78, 5) is 28.8. The van der Waals surface area contributed by atoms with Crippen LogP contribution in [0.15, 0.2) is 83.4 Å². The first-order valence-corrected chi connectivity index (χ1v) is 11.2. The maximum absolute atomic E-state index is 12.3. The largest absolute Gasteiger partial charge is 0.494 e. The van der Waals surface area contributed by atoms with Crippen LogP contribution in [0.3, 0.4) is 0 Å². The monoisotopic (exact) mass is 471 g/mol. The second kappa shape index (κ2) is 11.5. The van der Waals surface area contributed by atoms with Gasteiger partial charge in [0, 0.05) is 35.5 Å². The van der Waals surface area contributed by atoms with Gasteiger partial charge in [0.2, 0.25) is 17.6 Å². The van der Waals surface area contributed by atoms with Crippen molar-refractivity contribution in [3.05, 3.63) is 84.8 Å². The van der Waals surface area contributed by atoms with Gasteiger partial charge < -0.3 is 25.2 Å². The molecular formula is C26H25N5O4. The molecule has 1 heterocycles. The number of aromatic nitrogens is 2. The molecule has 0 saturated heterocycles. The van der Waals surface area contributed by atoms with Gasteiger partial charge >= 0.3 is 6.03 Å². The summed E-state index contributed by atoms with van der Waals surface area (Å²) in [5.74, 6) is 1.43. The molecule has 178 valence electrons. The number of hydrogen-bond acceptors (Lipinski definition) is 6. The van der Waals surface area contributed by atoms with Gasteiger partial charge in [0.1, 0.15) is 5.75 Å². The highest BCUT2D eigenvalue weighted by Crippen LogP contribution is 2.20. The molecule has 4 rings (SSSR count). The highest BCUT2D eigenvalue weighted by Gasteiger charge is 2.11. The van der Waals surface area contributed by atoms with Crippen molar-refractivity contribution in [2.45, 2.75) is 19.8 Å². The number of hydrogen-bond donors (Lipinski definition) is 3. The molecule has 3 N–H and O–H groups in total. The molecular weight excluding hydrogens is 446 g/mol. The van der Waals surface area contributed by atoms with Gasteiger partial charge in [0.15, 0.2) is 0 Å². The van der Waals surface area contributed by atoms with E-state index >= 15 is 0 Å². The molecule has 0 fully saturated rings. The Morgan fingerprint density at radius 3 is 2.11 bits per heavy atom. The van der Waals surface area contributed by atoms with Gasteiger partial charge in [-0.2, -0.15) is 4.98 Å². The van der Waals surface area contributed by atoms with Crippen LogP contribution in [0, 0.1) is 0 Å². The van der Waals surface area contributed by atoms with Gasteiger partial charge in [0.05, 0.1) is 6.61 Å². The van der Waals surface area contributed by atoms with Gasteiger partial charge in [-0.3, -0.25) is 4.79 Å². The topological polar surface area (TPSA) is 118 Å². The maximum Gasteiger partial charge on any atom is 0.323 e. The fraction of sp³-hybridized carbons (Fsp3) is 0.154. The van der Waals surface area contributed by atoms with Crippen molar-refractivity contribution in [1.29, 1.82) is 0 Å². The van der Waals surface area contributed by atoms with E-state index in [9.17, 15) is 9.59 Å². The van der Waals surface area contributed by atoms with Gasteiger partial charge in [-0.05, 0) is 67.6 Å². The Hall–Kier alpha value is -4.66. The number of rotatable bonds is 9. The van der Waals surface area contributed by atoms with E-state index in [2.05, 4.69) is 26.1 Å². The standard InChI is InChI=1S/C26H25N5O4/c1-2-34-22-14-8-18(9-15-22)25-30-24(35-31-25)17-16-23(32)27-20-10-12-21(13-11-20)29-26(33)28-19-6-4-3-5-7-19/h3-15H,2,16-17H2,1H3,(H,27,32)(H2,28,29,33). The molecule has 9 nitrogen and oxygen atoms in total. The van der Waals surface area contributed by atoms with Crippen LogP contribution < -0.4 is 20.7 Å². The second-order valence-corrected chi connectivity index (χ2v) is 7.54. The molecule has 4 aromatic rings. The third-order valence-corrected chi connectivity index (χ3v) is 4.92. The normalized spacial score (nSPS) is 10.4. The minimum absolute atomic E-state index is 0.185. The van der Waals surface area contributed by atoms with Gasteiger partial charge in [-0.25, -0.2) is 4.79 Å². The maximum atomic E-state index is 12.3. The zero-order valence-electron chi connectivity index (χ0n) is 19.2. The fourth-order valence-corrected chi connectivity index (χ4v) is 3.24. The van der Waals surface area contributed by atoms with E-state index in [0.29, 0.717) is 41.8 Å². The van der Waals surface area contributed by atoms with Crippen LogP contribution in [-0.4, -0.2) is 28.7 Å². The van der Waals surface area contributed by atoms with E-state index in [1.54, 1.807) is 36.4 Å². The number of ether oxygens (including phenoxy) is 1. The summed E-state index contributed by atoms with van der Waals surface area (Å²) in [5, 5.41) is 12.3. The number of urea groups is 1. The lowest BCUT2D eigenvalue weighted by atomic mass is 10.2. The number of aryl methyl sites for hydroxylation is 1. The molecule has 0 aliphatic rings. The van der Waals surface area contributed by atoms with E-state index in [0.717, 1.165) is 11.3 Å². The lowest BCUT2D eigenvalue weighted by Gasteiger charge is -2.09. The molecule has 0 atom stereocenters. The van der Waals surface area contributed by atoms with Crippen LogP contribution in [0.4, 0.5) is 21.9 Å². The highest BCUT2D eigenvalue weighted by molar-refractivity contribution is 6.00. The smallest absolute Gasteiger partial charge is 0.323 e. The van der Waals surface area contributed by atoms with E-state index in [1.807, 2.05) is 49.4 Å². The first-order valence-electron chi connectivity index (χ1n) is 11.2. The van der Waals surface area contributed by atoms with Gasteiger partial charge in [-0.15, -0.1) is 0 Å². The Kier molecular flexibility index (Phi) is 7.70. The molecule has 3 amide bonds. The van der Waals surface area contributed by atoms with Crippen LogP contribution in [0.5, 0.6) is 5.75 Å². The first-order chi connectivity index (χ1) is 17.1. The summed E-state index contributed by atoms with van der Waals surface area (Å²) >= 11 is 0. The number of nitrogens with one attached hydrogen (secondary N) is 3. The Balaban J connectivity index is 1.23. The summed E-state index contributed by atoms with van der Waals surface area (Å²) in [6, 6.07) is 23.1. The number of amides is 3. The minimum Gasteiger partial charge on any atom is -0.494 e. The molecule has 3 aromatic carbocycles. The Morgan fingerprint density at radius 1 is 0.829 bits per heavy atom. The van der Waals surface area contributed by atoms with Crippen molar-refractivity contribution in [2.75, 3.05) is 22.6 Å². The predicted molar refractivity (Wildman–Crippen MR) is 133 cm³/mol. The highest BCUT2D eigenvalue weighted by atomic mass is 16.5. The molecule has 35 heavy (non-hydrogen) atoms. The van der Waals surface area contributed by atoms with Crippen molar-refractivity contribution in [2.24, 2.45) is 0 Å². The summed E-state index contributed by atoms with van der Waals surface area (Å²) in [5.41, 5.74) is 2.72. The quantitative estimate of drug-likeness (QED) is 0.303. The molecule has 0 bridgehead atoms. The number of carbonyl (C=O) groups is 2. The number of para-hydroxylation sites is 1. The fourth-order valence-electron chi connectivity index (χ4n) is 3.24. The first kappa shape index (κ1) is 23.5. The van der Waals surface area contributed by atoms with Crippen LogP contribution in [0.2, 0.25) is 0 Å². The average Bonchev–Trinajstić information content (AvgIpc) is 3.34. The van der Waals surface area contributed by atoms with Crippen LogP contribution in [0.1, 0.15) is 19.2 Å². The average molecular weight is 472 g/mol. The second-order valence-electron chi connectivity index (χ2n) is 7.54. The number of benzene rings is 3. The summed E-state index contributed by atoms with van der Waals surface area (Å²) in [6.07, 6.45) is 0.500. The zero-order valence-corrected chi connectivity index (χ0v) is 19.2. The minimum atomic E-state index is -0.350. The Morgan fingerprint density at radius 2 is 1.46 bits per heavy atom. The number of nitrogens with zero attached hydrogens (tertiary/aromatic N) is 2. The third-order valence-electron chi connectivity index (χ3n) is 4.92. The molecule has 0 unspecified atom stereocenters. The van der Waals surface area contributed by atoms with Gasteiger partial charge in [0.25, 0.3) is 0 Å². The lowest BCUT2D eigenvalue weighted by molar-refractivity contribution is -0.116. The van der Waals surface area contributed by atoms with Crippen LogP contribution >= 0.6 is 0 Å². The van der Waals surface area contributed by atoms with Gasteiger partial charge in [-0.1, -0.05) is 23.4 Å². The number of carbonyl (C=O) groups excluding carboxylic acids is 2. The molecule has 9 heteroatoms. The molecule has 0 spiro atoms. The van der Waals surface area contributed by atoms with E-state index < -0.39 is 0 Å². The SMILES string of the molecule is CCOc1ccc(-c2noc(CCC(=O)Nc3ccc(NC(=O)Nc4ccccc4)cc3)n2)cc1. The third kappa shape index (κ3) is 6.91. The summed E-state index contributed by atoms with van der Waals surface area (Å²) < 4.78 is 10.7. The molecule has 0 aliphatic heterocycles. The van der Waals surface area contributed by atoms with Crippen molar-refractivity contribution in [3.8, 4) is 17.1 Å². The number of anilines is 3. The molecule has 1 aromatic heterocycles. The van der Waals surface area contributed by atoms with Crippen molar-refractivity contribution in [3.63, 3.8) is 0 Å². The van der Waals surface area contributed by atoms with Crippen LogP contribution in [-0.2, 0) is 11.2 Å². The summed E-state index contributed by atoms with van der Waals surface area (Å²) in [6.45, 7) is 2.52. The lowest BCUT2D eigenvalue weighted by Crippen LogP contribution is -2.19. The van der Waals surface area contributed by atoms with Crippen molar-refractivity contribution in [1.82, 2.24) is 10.1 Å². The van der Waals surface area contributed by atoms with Crippen molar-refractivity contribution >= 4 is 29.0 Å². The van der Waals surface area contributed by atoms with E-state index in [4.69, 9.17) is 9.26 Å². The van der Waals surface area contributed by atoms with E-state index in [1.165, 1.54) is 0 Å². The van der Waals surface area contributed by atoms with E-state index in [-0.39, 0.29) is 18.4 Å². The molecule has 0 radical (unpaired) electrons. The Bertz CT molecular complexity index is 1260. The molecule has 0 saturated carbocycles. The predicted octanol–water partition coefficient (Wildman–Crippen LogP) is 5.35. The van der Waals surface area contributed by atoms with Crippen molar-refractivity contribution < 1.29 is 18.8 Å². The van der Waals surface area contributed by atoms with Crippen LogP contribution in [0.25, 0.3) is 11.4 Å².